The fourth-order valence-corrected chi connectivity index (χ4v) is 2.73. The Morgan fingerprint density at radius 1 is 1.33 bits per heavy atom. The summed E-state index contributed by atoms with van der Waals surface area (Å²) in [5.74, 6) is 0.825. The molecule has 2 aromatic rings. The van der Waals surface area contributed by atoms with E-state index in [1.807, 2.05) is 17.0 Å². The smallest absolute Gasteiger partial charge is 0.140 e. The fourth-order valence-electron chi connectivity index (χ4n) is 1.04. The van der Waals surface area contributed by atoms with Gasteiger partial charge < -0.3 is 5.32 Å². The first-order valence-electron chi connectivity index (χ1n) is 4.17. The monoisotopic (exact) mass is 347 g/mol. The molecule has 2 rings (SSSR count). The summed E-state index contributed by atoms with van der Waals surface area (Å²) in [7, 11) is 0. The molecule has 0 saturated carbocycles. The molecule has 0 aliphatic rings. The van der Waals surface area contributed by atoms with Gasteiger partial charge in [0.1, 0.15) is 5.82 Å². The minimum absolute atomic E-state index is 0.691. The van der Waals surface area contributed by atoms with E-state index in [4.69, 9.17) is 0 Å². The van der Waals surface area contributed by atoms with Gasteiger partial charge in [-0.15, -0.1) is 11.3 Å². The van der Waals surface area contributed by atoms with Crippen LogP contribution < -0.4 is 5.32 Å². The largest absolute Gasteiger partial charge is 0.363 e. The quantitative estimate of drug-likeness (QED) is 0.919. The predicted molar refractivity (Wildman–Crippen MR) is 69.1 cm³/mol. The van der Waals surface area contributed by atoms with Crippen LogP contribution in [0.4, 0.5) is 5.82 Å². The Hall–Kier alpha value is -0.460. The number of nitrogens with one attached hydrogen (secondary N) is 1. The third-order valence-electron chi connectivity index (χ3n) is 1.73. The SMILES string of the molecule is Brc1cnc(NCc2cscn2)c(Br)c1. The summed E-state index contributed by atoms with van der Waals surface area (Å²) in [5.41, 5.74) is 2.85. The minimum atomic E-state index is 0.691. The second kappa shape index (κ2) is 5.05. The molecule has 2 aromatic heterocycles. The normalized spacial score (nSPS) is 10.3. The van der Waals surface area contributed by atoms with Gasteiger partial charge >= 0.3 is 0 Å². The molecule has 0 saturated heterocycles. The predicted octanol–water partition coefficient (Wildman–Crippen LogP) is 3.68. The van der Waals surface area contributed by atoms with Gasteiger partial charge in [-0.1, -0.05) is 0 Å². The maximum absolute atomic E-state index is 4.25. The van der Waals surface area contributed by atoms with Crippen molar-refractivity contribution in [3.63, 3.8) is 0 Å². The second-order valence-corrected chi connectivity index (χ2v) is 5.31. The van der Waals surface area contributed by atoms with E-state index in [9.17, 15) is 0 Å². The number of halogens is 2. The Bertz CT molecular complexity index is 445. The van der Waals surface area contributed by atoms with Crippen LogP contribution in [0.15, 0.2) is 32.1 Å². The van der Waals surface area contributed by atoms with Crippen LogP contribution in [0.1, 0.15) is 5.69 Å². The topological polar surface area (TPSA) is 37.8 Å². The summed E-state index contributed by atoms with van der Waals surface area (Å²) < 4.78 is 1.89. The van der Waals surface area contributed by atoms with Crippen LogP contribution in [0.3, 0.4) is 0 Å². The average molecular weight is 349 g/mol. The molecule has 78 valence electrons. The molecule has 0 spiro atoms. The van der Waals surface area contributed by atoms with Crippen LogP contribution in [0.5, 0.6) is 0 Å². The third kappa shape index (κ3) is 2.99. The Morgan fingerprint density at radius 3 is 2.87 bits per heavy atom. The summed E-state index contributed by atoms with van der Waals surface area (Å²) >= 11 is 8.38. The number of hydrogen-bond donors (Lipinski definition) is 1. The molecule has 2 heterocycles. The first-order valence-corrected chi connectivity index (χ1v) is 6.70. The number of rotatable bonds is 3. The van der Waals surface area contributed by atoms with Gasteiger partial charge in [0.2, 0.25) is 0 Å². The summed E-state index contributed by atoms with van der Waals surface area (Å²) in [5, 5.41) is 5.22. The van der Waals surface area contributed by atoms with E-state index in [2.05, 4.69) is 47.1 Å². The van der Waals surface area contributed by atoms with Gasteiger partial charge in [-0.3, -0.25) is 0 Å². The molecule has 1 N–H and O–H groups in total. The standard InChI is InChI=1S/C9H7Br2N3S/c10-6-1-8(11)9(12-2-6)13-3-7-4-15-5-14-7/h1-2,4-5H,3H2,(H,12,13). The van der Waals surface area contributed by atoms with E-state index < -0.39 is 0 Å². The van der Waals surface area contributed by atoms with Crippen molar-refractivity contribution in [1.29, 1.82) is 0 Å². The Balaban J connectivity index is 2.05. The van der Waals surface area contributed by atoms with Gasteiger partial charge in [0.25, 0.3) is 0 Å². The molecular weight excluding hydrogens is 342 g/mol. The minimum Gasteiger partial charge on any atom is -0.363 e. The Kier molecular flexibility index (Phi) is 3.71. The number of aromatic nitrogens is 2. The van der Waals surface area contributed by atoms with E-state index in [0.717, 1.165) is 20.5 Å². The summed E-state index contributed by atoms with van der Waals surface area (Å²) in [6.07, 6.45) is 1.76. The summed E-state index contributed by atoms with van der Waals surface area (Å²) in [6.45, 7) is 0.691. The lowest BCUT2D eigenvalue weighted by molar-refractivity contribution is 1.05. The molecule has 0 radical (unpaired) electrons. The highest BCUT2D eigenvalue weighted by Gasteiger charge is 2.02. The maximum atomic E-state index is 4.25. The Labute approximate surface area is 108 Å². The number of anilines is 1. The van der Waals surface area contributed by atoms with Crippen LogP contribution in [-0.2, 0) is 6.54 Å². The van der Waals surface area contributed by atoms with Crippen molar-refractivity contribution >= 4 is 49.0 Å². The van der Waals surface area contributed by atoms with Gasteiger partial charge in [0.05, 0.1) is 22.2 Å². The molecule has 0 fully saturated rings. The lowest BCUT2D eigenvalue weighted by Crippen LogP contribution is -2.02. The molecule has 3 nitrogen and oxygen atoms in total. The van der Waals surface area contributed by atoms with Crippen molar-refractivity contribution in [2.45, 2.75) is 6.54 Å². The fraction of sp³-hybridized carbons (Fsp3) is 0.111. The molecule has 0 unspecified atom stereocenters. The van der Waals surface area contributed by atoms with Crippen LogP contribution in [0, 0.1) is 0 Å². The molecular formula is C9H7Br2N3S. The van der Waals surface area contributed by atoms with Crippen molar-refractivity contribution in [3.05, 3.63) is 37.8 Å². The van der Waals surface area contributed by atoms with Crippen molar-refractivity contribution in [1.82, 2.24) is 9.97 Å². The van der Waals surface area contributed by atoms with Crippen LogP contribution >= 0.6 is 43.2 Å². The van der Waals surface area contributed by atoms with Gasteiger partial charge in [-0.2, -0.15) is 0 Å². The van der Waals surface area contributed by atoms with Gasteiger partial charge in [-0.05, 0) is 37.9 Å². The number of thiazole rings is 1. The van der Waals surface area contributed by atoms with Gasteiger partial charge in [-0.25, -0.2) is 9.97 Å². The van der Waals surface area contributed by atoms with E-state index in [1.54, 1.807) is 17.5 Å². The van der Waals surface area contributed by atoms with Crippen LogP contribution in [-0.4, -0.2) is 9.97 Å². The zero-order valence-corrected chi connectivity index (χ0v) is 11.6. The van der Waals surface area contributed by atoms with Crippen molar-refractivity contribution in [2.75, 3.05) is 5.32 Å². The van der Waals surface area contributed by atoms with E-state index in [1.165, 1.54) is 0 Å². The van der Waals surface area contributed by atoms with E-state index >= 15 is 0 Å². The lowest BCUT2D eigenvalue weighted by atomic mass is 10.4. The zero-order valence-electron chi connectivity index (χ0n) is 7.58. The maximum Gasteiger partial charge on any atom is 0.140 e. The molecule has 0 atom stereocenters. The number of nitrogens with zero attached hydrogens (tertiary/aromatic N) is 2. The Morgan fingerprint density at radius 2 is 2.20 bits per heavy atom. The number of pyridine rings is 1. The van der Waals surface area contributed by atoms with Crippen molar-refractivity contribution in [3.8, 4) is 0 Å². The first-order chi connectivity index (χ1) is 7.25. The molecule has 0 aliphatic heterocycles. The molecule has 15 heavy (non-hydrogen) atoms. The van der Waals surface area contributed by atoms with Crippen LogP contribution in [0.2, 0.25) is 0 Å². The molecule has 0 aromatic carbocycles. The molecule has 6 heteroatoms. The molecule has 0 bridgehead atoms. The average Bonchev–Trinajstić information content (AvgIpc) is 2.69. The highest BCUT2D eigenvalue weighted by molar-refractivity contribution is 9.11. The molecule has 0 amide bonds. The third-order valence-corrected chi connectivity index (χ3v) is 3.40. The number of hydrogen-bond acceptors (Lipinski definition) is 4. The van der Waals surface area contributed by atoms with Crippen LogP contribution in [0.25, 0.3) is 0 Å². The lowest BCUT2D eigenvalue weighted by Gasteiger charge is -2.05. The molecule has 0 aliphatic carbocycles. The van der Waals surface area contributed by atoms with E-state index in [-0.39, 0.29) is 0 Å². The van der Waals surface area contributed by atoms with Gasteiger partial charge in [0, 0.05) is 16.0 Å². The summed E-state index contributed by atoms with van der Waals surface area (Å²) in [4.78, 5) is 8.43. The second-order valence-electron chi connectivity index (χ2n) is 2.82. The summed E-state index contributed by atoms with van der Waals surface area (Å²) in [6, 6.07) is 1.95. The highest BCUT2D eigenvalue weighted by atomic mass is 79.9. The van der Waals surface area contributed by atoms with Crippen molar-refractivity contribution < 1.29 is 0 Å². The zero-order chi connectivity index (χ0) is 10.7. The van der Waals surface area contributed by atoms with Crippen molar-refractivity contribution in [2.24, 2.45) is 0 Å². The van der Waals surface area contributed by atoms with Gasteiger partial charge in [0.15, 0.2) is 0 Å². The highest BCUT2D eigenvalue weighted by Crippen LogP contribution is 2.23. The van der Waals surface area contributed by atoms with E-state index in [0.29, 0.717) is 6.54 Å². The first kappa shape index (κ1) is 11.0.